The molecule has 130 valence electrons. The van der Waals surface area contributed by atoms with Crippen LogP contribution in [0.15, 0.2) is 33.6 Å². The molecular weight excluding hydrogens is 332 g/mol. The average Bonchev–Trinajstić information content (AvgIpc) is 3.12. The summed E-state index contributed by atoms with van der Waals surface area (Å²) in [5.74, 6) is -1.33. The molecule has 0 atom stereocenters. The normalized spacial score (nSPS) is 10.8. The van der Waals surface area contributed by atoms with Crippen LogP contribution in [0.3, 0.4) is 0 Å². The Labute approximate surface area is 140 Å². The lowest BCUT2D eigenvalue weighted by molar-refractivity contribution is 0.0882. The van der Waals surface area contributed by atoms with Gasteiger partial charge < -0.3 is 14.9 Å². The molecule has 0 bridgehead atoms. The minimum Gasteiger partial charge on any atom is -0.450 e. The number of carbonyl (C=O) groups is 2. The fraction of sp³-hybridized carbons (Fsp3) is 0.214. The van der Waals surface area contributed by atoms with Crippen LogP contribution in [0.5, 0.6) is 0 Å². The number of nitrogen functional groups attached to an aromatic ring is 1. The molecule has 0 spiro atoms. The highest BCUT2D eigenvalue weighted by Gasteiger charge is 2.18. The van der Waals surface area contributed by atoms with E-state index in [1.807, 2.05) is 0 Å². The van der Waals surface area contributed by atoms with Gasteiger partial charge in [-0.3, -0.25) is 10.1 Å². The summed E-state index contributed by atoms with van der Waals surface area (Å²) in [6, 6.07) is 4.71. The van der Waals surface area contributed by atoms with Gasteiger partial charge in [0.1, 0.15) is 12.1 Å². The number of oxazole rings is 1. The molecule has 2 heterocycles. The van der Waals surface area contributed by atoms with Gasteiger partial charge in [0.15, 0.2) is 11.4 Å². The highest BCUT2D eigenvalue weighted by atomic mass is 16.5. The topological polar surface area (TPSA) is 147 Å². The lowest BCUT2D eigenvalue weighted by Crippen LogP contribution is -2.26. The Morgan fingerprint density at radius 2 is 2.20 bits per heavy atom. The van der Waals surface area contributed by atoms with Gasteiger partial charge in [-0.2, -0.15) is 0 Å². The van der Waals surface area contributed by atoms with Crippen molar-refractivity contribution in [2.24, 2.45) is 0 Å². The van der Waals surface area contributed by atoms with E-state index in [2.05, 4.69) is 15.6 Å². The van der Waals surface area contributed by atoms with Gasteiger partial charge in [-0.05, 0) is 19.1 Å². The molecular formula is C14H14N6O5. The number of rotatable bonds is 4. The number of aromatic nitrogens is 4. The first kappa shape index (κ1) is 16.2. The van der Waals surface area contributed by atoms with Gasteiger partial charge in [0.25, 0.3) is 5.91 Å². The first-order valence-electron chi connectivity index (χ1n) is 7.26. The number of nitrogens with zero attached hydrogens (tertiary/aromatic N) is 4. The van der Waals surface area contributed by atoms with Crippen LogP contribution in [-0.2, 0) is 11.3 Å². The molecule has 0 aliphatic carbocycles. The van der Waals surface area contributed by atoms with E-state index in [9.17, 15) is 14.4 Å². The summed E-state index contributed by atoms with van der Waals surface area (Å²) >= 11 is 0. The molecule has 0 aliphatic rings. The standard InChI is InChI=1S/C14H14N6O5/c1-2-24-13(22)16-10-6-19(18-17-10)7-11(21)20-9-5-3-4-8(15)12(9)25-14(20)23/h3-6H,2,7,15H2,1H3,(H,16,22). The Bertz CT molecular complexity index is 1000. The maximum absolute atomic E-state index is 12.4. The van der Waals surface area contributed by atoms with Crippen LogP contribution in [0.1, 0.15) is 11.7 Å². The lowest BCUT2D eigenvalue weighted by Gasteiger charge is -2.01. The van der Waals surface area contributed by atoms with Crippen molar-refractivity contribution in [3.05, 3.63) is 34.9 Å². The Balaban J connectivity index is 1.81. The largest absolute Gasteiger partial charge is 0.450 e. The lowest BCUT2D eigenvalue weighted by atomic mass is 10.3. The number of carbonyl (C=O) groups excluding carboxylic acids is 2. The molecule has 3 aromatic rings. The van der Waals surface area contributed by atoms with E-state index in [-0.39, 0.29) is 35.8 Å². The zero-order valence-electron chi connectivity index (χ0n) is 13.1. The van der Waals surface area contributed by atoms with Gasteiger partial charge in [0.05, 0.1) is 18.5 Å². The molecule has 0 saturated heterocycles. The van der Waals surface area contributed by atoms with Crippen molar-refractivity contribution in [1.82, 2.24) is 19.6 Å². The number of para-hydroxylation sites is 1. The van der Waals surface area contributed by atoms with Gasteiger partial charge in [0.2, 0.25) is 0 Å². The first-order valence-corrected chi connectivity index (χ1v) is 7.26. The molecule has 1 aromatic carbocycles. The SMILES string of the molecule is CCOC(=O)Nc1cn(CC(=O)n2c(=O)oc3c(N)cccc32)nn1. The van der Waals surface area contributed by atoms with E-state index in [0.717, 1.165) is 4.57 Å². The second kappa shape index (κ2) is 6.47. The van der Waals surface area contributed by atoms with Gasteiger partial charge in [-0.1, -0.05) is 11.3 Å². The van der Waals surface area contributed by atoms with Gasteiger partial charge >= 0.3 is 11.8 Å². The molecule has 25 heavy (non-hydrogen) atoms. The molecule has 0 radical (unpaired) electrons. The number of ether oxygens (including phenoxy) is 1. The monoisotopic (exact) mass is 346 g/mol. The van der Waals surface area contributed by atoms with Crippen LogP contribution in [0.25, 0.3) is 11.1 Å². The van der Waals surface area contributed by atoms with E-state index < -0.39 is 17.8 Å². The second-order valence-electron chi connectivity index (χ2n) is 4.94. The maximum Gasteiger partial charge on any atom is 0.427 e. The molecule has 3 rings (SSSR count). The average molecular weight is 346 g/mol. The minimum absolute atomic E-state index is 0.111. The van der Waals surface area contributed by atoms with Crippen LogP contribution in [0.4, 0.5) is 16.3 Å². The van der Waals surface area contributed by atoms with E-state index in [1.54, 1.807) is 25.1 Å². The third-order valence-electron chi connectivity index (χ3n) is 3.23. The third kappa shape index (κ3) is 3.20. The van der Waals surface area contributed by atoms with Crippen LogP contribution in [0, 0.1) is 0 Å². The van der Waals surface area contributed by atoms with Crippen LogP contribution in [-0.4, -0.2) is 38.2 Å². The summed E-state index contributed by atoms with van der Waals surface area (Å²) in [5.41, 5.74) is 6.39. The van der Waals surface area contributed by atoms with Crippen LogP contribution >= 0.6 is 0 Å². The minimum atomic E-state index is -0.845. The zero-order valence-corrected chi connectivity index (χ0v) is 13.1. The Morgan fingerprint density at radius 1 is 1.40 bits per heavy atom. The van der Waals surface area contributed by atoms with Crippen molar-refractivity contribution >= 4 is 34.6 Å². The summed E-state index contributed by atoms with van der Waals surface area (Å²) in [5, 5.41) is 9.75. The molecule has 0 fully saturated rings. The van der Waals surface area contributed by atoms with Crippen LogP contribution in [0.2, 0.25) is 0 Å². The summed E-state index contributed by atoms with van der Waals surface area (Å²) in [6.07, 6.45) is 0.643. The number of nitrogens with two attached hydrogens (primary N) is 1. The van der Waals surface area contributed by atoms with Crippen molar-refractivity contribution < 1.29 is 18.7 Å². The van der Waals surface area contributed by atoms with Gasteiger partial charge in [-0.25, -0.2) is 18.8 Å². The van der Waals surface area contributed by atoms with E-state index in [1.165, 1.54) is 10.9 Å². The summed E-state index contributed by atoms with van der Waals surface area (Å²) in [4.78, 5) is 35.7. The van der Waals surface area contributed by atoms with E-state index in [4.69, 9.17) is 14.9 Å². The van der Waals surface area contributed by atoms with E-state index >= 15 is 0 Å². The van der Waals surface area contributed by atoms with Crippen molar-refractivity contribution in [1.29, 1.82) is 0 Å². The van der Waals surface area contributed by atoms with Crippen molar-refractivity contribution in [3.8, 4) is 0 Å². The predicted molar refractivity (Wildman–Crippen MR) is 86.2 cm³/mol. The third-order valence-corrected chi connectivity index (χ3v) is 3.23. The number of hydrogen-bond acceptors (Lipinski definition) is 8. The van der Waals surface area contributed by atoms with Gasteiger partial charge in [-0.15, -0.1) is 5.10 Å². The maximum atomic E-state index is 12.4. The summed E-state index contributed by atoms with van der Waals surface area (Å²) in [6.45, 7) is 1.58. The molecule has 0 unspecified atom stereocenters. The molecule has 11 nitrogen and oxygen atoms in total. The molecule has 2 aromatic heterocycles. The summed E-state index contributed by atoms with van der Waals surface area (Å²) in [7, 11) is 0. The molecule has 1 amide bonds. The molecule has 11 heteroatoms. The number of anilines is 2. The number of nitrogens with one attached hydrogen (secondary N) is 1. The predicted octanol–water partition coefficient (Wildman–Crippen LogP) is 0.677. The zero-order chi connectivity index (χ0) is 18.0. The van der Waals surface area contributed by atoms with Crippen LogP contribution < -0.4 is 16.8 Å². The number of amides is 1. The molecule has 0 aliphatic heterocycles. The Hall–Kier alpha value is -3.63. The Morgan fingerprint density at radius 3 is 2.96 bits per heavy atom. The van der Waals surface area contributed by atoms with Crippen molar-refractivity contribution in [2.75, 3.05) is 17.7 Å². The van der Waals surface area contributed by atoms with Crippen molar-refractivity contribution in [2.45, 2.75) is 13.5 Å². The highest BCUT2D eigenvalue weighted by molar-refractivity contribution is 5.93. The number of fused-ring (bicyclic) bond motifs is 1. The summed E-state index contributed by atoms with van der Waals surface area (Å²) < 4.78 is 11.8. The second-order valence-corrected chi connectivity index (χ2v) is 4.94. The first-order chi connectivity index (χ1) is 12.0. The Kier molecular flexibility index (Phi) is 4.20. The van der Waals surface area contributed by atoms with E-state index in [0.29, 0.717) is 0 Å². The molecule has 3 N–H and O–H groups in total. The van der Waals surface area contributed by atoms with Crippen molar-refractivity contribution in [3.63, 3.8) is 0 Å². The number of benzene rings is 1. The van der Waals surface area contributed by atoms with Gasteiger partial charge in [0, 0.05) is 0 Å². The number of hydrogen-bond donors (Lipinski definition) is 2. The smallest absolute Gasteiger partial charge is 0.427 e. The fourth-order valence-corrected chi connectivity index (χ4v) is 2.21. The molecule has 0 saturated carbocycles. The fourth-order valence-electron chi connectivity index (χ4n) is 2.21. The highest BCUT2D eigenvalue weighted by Crippen LogP contribution is 2.19. The quantitative estimate of drug-likeness (QED) is 0.655.